The highest BCUT2D eigenvalue weighted by Crippen LogP contribution is 1.99. The monoisotopic (exact) mass is 140 g/mol. The lowest BCUT2D eigenvalue weighted by Gasteiger charge is -1.90. The first-order valence-electron chi connectivity index (χ1n) is 3.24. The van der Waals surface area contributed by atoms with Crippen molar-refractivity contribution in [3.63, 3.8) is 0 Å². The molecule has 0 bridgehead atoms. The molecule has 0 rings (SSSR count). The number of aliphatic carboxylic acids is 1. The molecule has 0 aromatic carbocycles. The first-order chi connectivity index (χ1) is 4.57. The largest absolute Gasteiger partial charge is 0.477 e. The average Bonchev–Trinajstić information content (AvgIpc) is 1.81. The third-order valence-corrected chi connectivity index (χ3v) is 1.01. The zero-order valence-electron chi connectivity index (χ0n) is 6.56. The van der Waals surface area contributed by atoms with Gasteiger partial charge in [-0.05, 0) is 25.8 Å². The summed E-state index contributed by atoms with van der Waals surface area (Å²) in [6.07, 6.45) is 0.528. The first kappa shape index (κ1) is 8.99. The summed E-state index contributed by atoms with van der Waals surface area (Å²) in [4.78, 5) is 10.4. The Kier molecular flexibility index (Phi) is 3.52. The molecule has 0 aliphatic carbocycles. The number of carbonyl (C=O) groups is 1. The van der Waals surface area contributed by atoms with E-state index in [4.69, 9.17) is 5.11 Å². The van der Waals surface area contributed by atoms with E-state index in [2.05, 4.69) is 5.73 Å². The van der Waals surface area contributed by atoms with Gasteiger partial charge in [0.2, 0.25) is 0 Å². The topological polar surface area (TPSA) is 37.3 Å². The van der Waals surface area contributed by atoms with E-state index in [9.17, 15) is 4.79 Å². The summed E-state index contributed by atoms with van der Waals surface area (Å²) in [6, 6.07) is 0. The molecular weight excluding hydrogens is 128 g/mol. The van der Waals surface area contributed by atoms with Gasteiger partial charge in [0, 0.05) is 0 Å². The first-order valence-corrected chi connectivity index (χ1v) is 3.24. The van der Waals surface area contributed by atoms with Gasteiger partial charge in [0.15, 0.2) is 0 Å². The van der Waals surface area contributed by atoms with Gasteiger partial charge in [-0.25, -0.2) is 4.79 Å². The van der Waals surface area contributed by atoms with E-state index in [0.29, 0.717) is 12.0 Å². The molecule has 0 radical (unpaired) electrons. The van der Waals surface area contributed by atoms with E-state index in [1.807, 2.05) is 13.8 Å². The predicted octanol–water partition coefficient (Wildman–Crippen LogP) is 1.97. The highest BCUT2D eigenvalue weighted by Gasteiger charge is 2.01. The number of hydrogen-bond donors (Lipinski definition) is 1. The van der Waals surface area contributed by atoms with Gasteiger partial charge in [-0.3, -0.25) is 0 Å². The van der Waals surface area contributed by atoms with Crippen LogP contribution in [0.4, 0.5) is 0 Å². The zero-order chi connectivity index (χ0) is 8.15. The molecule has 2 nitrogen and oxygen atoms in total. The maximum atomic E-state index is 10.4. The molecule has 0 aliphatic rings. The van der Waals surface area contributed by atoms with Crippen LogP contribution >= 0.6 is 0 Å². The average molecular weight is 140 g/mol. The van der Waals surface area contributed by atoms with E-state index >= 15 is 0 Å². The summed E-state index contributed by atoms with van der Waals surface area (Å²) < 4.78 is 0. The van der Waals surface area contributed by atoms with Crippen molar-refractivity contribution >= 4 is 5.97 Å². The van der Waals surface area contributed by atoms with Gasteiger partial charge in [-0.15, -0.1) is 5.73 Å². The Bertz CT molecular complexity index is 191. The fourth-order valence-corrected chi connectivity index (χ4v) is 0.595. The van der Waals surface area contributed by atoms with Crippen molar-refractivity contribution in [3.05, 3.63) is 16.9 Å². The van der Waals surface area contributed by atoms with E-state index < -0.39 is 5.97 Å². The molecule has 0 atom stereocenters. The molecule has 0 saturated carbocycles. The number of carboxylic acid groups (broad SMARTS) is 1. The lowest BCUT2D eigenvalue weighted by Crippen LogP contribution is -1.97. The molecule has 0 aliphatic heterocycles. The summed E-state index contributed by atoms with van der Waals surface area (Å²) >= 11 is 0. The van der Waals surface area contributed by atoms with Crippen LogP contribution < -0.4 is 0 Å². The normalized spacial score (nSPS) is 8.30. The van der Waals surface area contributed by atoms with Gasteiger partial charge < -0.3 is 5.11 Å². The van der Waals surface area contributed by atoms with Crippen molar-refractivity contribution in [3.8, 4) is 0 Å². The Labute approximate surface area is 60.9 Å². The zero-order valence-corrected chi connectivity index (χ0v) is 6.56. The number of hydrogen-bond acceptors (Lipinski definition) is 1. The van der Waals surface area contributed by atoms with Gasteiger partial charge in [0.25, 0.3) is 0 Å². The SMILES string of the molecule is CCC(=C=C(C)C)C(=O)O. The molecule has 10 heavy (non-hydrogen) atoms. The second-order valence-corrected chi connectivity index (χ2v) is 2.26. The third-order valence-electron chi connectivity index (χ3n) is 1.01. The van der Waals surface area contributed by atoms with E-state index in [1.165, 1.54) is 0 Å². The molecule has 0 heterocycles. The van der Waals surface area contributed by atoms with Crippen molar-refractivity contribution in [1.82, 2.24) is 0 Å². The van der Waals surface area contributed by atoms with Crippen LogP contribution in [-0.4, -0.2) is 11.1 Å². The molecule has 0 spiro atoms. The maximum Gasteiger partial charge on any atom is 0.339 e. The minimum atomic E-state index is -0.872. The molecular formula is C8H12O2. The fourth-order valence-electron chi connectivity index (χ4n) is 0.595. The van der Waals surface area contributed by atoms with Crippen molar-refractivity contribution in [1.29, 1.82) is 0 Å². The Hall–Kier alpha value is -1.01. The van der Waals surface area contributed by atoms with Crippen LogP contribution in [0.15, 0.2) is 16.9 Å². The second-order valence-electron chi connectivity index (χ2n) is 2.26. The van der Waals surface area contributed by atoms with E-state index in [1.54, 1.807) is 6.92 Å². The Morgan fingerprint density at radius 1 is 1.50 bits per heavy atom. The van der Waals surface area contributed by atoms with Crippen molar-refractivity contribution in [2.24, 2.45) is 0 Å². The Morgan fingerprint density at radius 2 is 2.00 bits per heavy atom. The lowest BCUT2D eigenvalue weighted by atomic mass is 10.2. The molecule has 56 valence electrons. The summed E-state index contributed by atoms with van der Waals surface area (Å²) in [5, 5.41) is 8.51. The molecule has 1 N–H and O–H groups in total. The van der Waals surface area contributed by atoms with Crippen LogP contribution in [0.2, 0.25) is 0 Å². The quantitative estimate of drug-likeness (QED) is 0.470. The summed E-state index contributed by atoms with van der Waals surface area (Å²) in [5.41, 5.74) is 4.01. The van der Waals surface area contributed by atoms with Crippen LogP contribution in [0.25, 0.3) is 0 Å². The minimum Gasteiger partial charge on any atom is -0.477 e. The molecule has 0 amide bonds. The van der Waals surface area contributed by atoms with Crippen LogP contribution in [0.3, 0.4) is 0 Å². The van der Waals surface area contributed by atoms with Crippen molar-refractivity contribution in [2.45, 2.75) is 27.2 Å². The molecule has 0 saturated heterocycles. The highest BCUT2D eigenvalue weighted by molar-refractivity contribution is 5.86. The minimum absolute atomic E-state index is 0.347. The molecule has 0 unspecified atom stereocenters. The van der Waals surface area contributed by atoms with Crippen LogP contribution in [-0.2, 0) is 4.79 Å². The van der Waals surface area contributed by atoms with Gasteiger partial charge in [-0.2, -0.15) is 0 Å². The molecule has 0 aromatic rings. The van der Waals surface area contributed by atoms with Gasteiger partial charge in [0.1, 0.15) is 0 Å². The second kappa shape index (κ2) is 3.91. The van der Waals surface area contributed by atoms with Crippen LogP contribution in [0.5, 0.6) is 0 Å². The summed E-state index contributed by atoms with van der Waals surface area (Å²) in [7, 11) is 0. The van der Waals surface area contributed by atoms with Gasteiger partial charge in [0.05, 0.1) is 5.57 Å². The maximum absolute atomic E-state index is 10.4. The number of carboxylic acids is 1. The van der Waals surface area contributed by atoms with Gasteiger partial charge >= 0.3 is 5.97 Å². The van der Waals surface area contributed by atoms with E-state index in [-0.39, 0.29) is 0 Å². The summed E-state index contributed by atoms with van der Waals surface area (Å²) in [5.74, 6) is -0.872. The third kappa shape index (κ3) is 3.10. The molecule has 0 fully saturated rings. The molecule has 0 aromatic heterocycles. The van der Waals surface area contributed by atoms with Crippen molar-refractivity contribution in [2.75, 3.05) is 0 Å². The van der Waals surface area contributed by atoms with Crippen LogP contribution in [0.1, 0.15) is 27.2 Å². The summed E-state index contributed by atoms with van der Waals surface area (Å²) in [6.45, 7) is 5.47. The fraction of sp³-hybridized carbons (Fsp3) is 0.500. The van der Waals surface area contributed by atoms with Crippen molar-refractivity contribution < 1.29 is 9.90 Å². The highest BCUT2D eigenvalue weighted by atomic mass is 16.4. The predicted molar refractivity (Wildman–Crippen MR) is 39.8 cm³/mol. The Balaban J connectivity index is 4.68. The Morgan fingerprint density at radius 3 is 2.10 bits per heavy atom. The lowest BCUT2D eigenvalue weighted by molar-refractivity contribution is -0.132. The standard InChI is InChI=1S/C8H12O2/c1-4-7(8(9)10)5-6(2)3/h4H2,1-3H3,(H,9,10). The van der Waals surface area contributed by atoms with E-state index in [0.717, 1.165) is 5.57 Å². The smallest absolute Gasteiger partial charge is 0.339 e. The van der Waals surface area contributed by atoms with Crippen LogP contribution in [0, 0.1) is 0 Å². The van der Waals surface area contributed by atoms with Gasteiger partial charge in [-0.1, -0.05) is 6.92 Å². The molecule has 2 heteroatoms. The number of rotatable bonds is 2.